The van der Waals surface area contributed by atoms with Crippen LogP contribution in [0.4, 0.5) is 5.69 Å². The van der Waals surface area contributed by atoms with Crippen molar-refractivity contribution in [2.45, 2.75) is 24.8 Å². The first kappa shape index (κ1) is 20.9. The van der Waals surface area contributed by atoms with E-state index in [0.29, 0.717) is 10.7 Å². The predicted octanol–water partition coefficient (Wildman–Crippen LogP) is 2.82. The molecule has 0 heterocycles. The third-order valence-electron chi connectivity index (χ3n) is 3.21. The summed E-state index contributed by atoms with van der Waals surface area (Å²) in [7, 11) is -3.74. The number of hydrogen-bond acceptors (Lipinski definition) is 5. The Bertz CT molecular complexity index is 944. The summed E-state index contributed by atoms with van der Waals surface area (Å²) in [4.78, 5) is 23.9. The molecule has 144 valence electrons. The van der Waals surface area contributed by atoms with Crippen LogP contribution >= 0.6 is 11.6 Å². The summed E-state index contributed by atoms with van der Waals surface area (Å²) in [6.07, 6.45) is 0. The zero-order valence-corrected chi connectivity index (χ0v) is 16.3. The molecular weight excluding hydrogens is 392 g/mol. The van der Waals surface area contributed by atoms with Crippen LogP contribution in [0.5, 0.6) is 0 Å². The molecule has 2 aromatic rings. The third-order valence-corrected chi connectivity index (χ3v) is 5.10. The maximum atomic E-state index is 12.2. The molecule has 0 aliphatic rings. The van der Waals surface area contributed by atoms with E-state index in [9.17, 15) is 18.0 Å². The Labute approximate surface area is 162 Å². The number of halogens is 1. The lowest BCUT2D eigenvalue weighted by molar-refractivity contribution is -0.119. The highest BCUT2D eigenvalue weighted by Crippen LogP contribution is 2.15. The highest BCUT2D eigenvalue weighted by molar-refractivity contribution is 7.89. The summed E-state index contributed by atoms with van der Waals surface area (Å²) in [5, 5.41) is 3.00. The zero-order chi connectivity index (χ0) is 20.0. The Morgan fingerprint density at radius 2 is 1.81 bits per heavy atom. The van der Waals surface area contributed by atoms with E-state index in [1.807, 2.05) is 0 Å². The van der Waals surface area contributed by atoms with E-state index in [1.165, 1.54) is 24.3 Å². The monoisotopic (exact) mass is 410 g/mol. The Kier molecular flexibility index (Phi) is 6.95. The molecule has 27 heavy (non-hydrogen) atoms. The van der Waals surface area contributed by atoms with Crippen molar-refractivity contribution in [2.75, 3.05) is 11.9 Å². The molecule has 0 saturated heterocycles. The van der Waals surface area contributed by atoms with Crippen molar-refractivity contribution in [3.63, 3.8) is 0 Å². The number of benzene rings is 2. The summed E-state index contributed by atoms with van der Waals surface area (Å²) in [5.74, 6) is -1.35. The molecule has 7 nitrogen and oxygen atoms in total. The van der Waals surface area contributed by atoms with Gasteiger partial charge in [-0.25, -0.2) is 17.9 Å². The fourth-order valence-corrected chi connectivity index (χ4v) is 3.63. The van der Waals surface area contributed by atoms with Crippen molar-refractivity contribution in [3.8, 4) is 0 Å². The highest BCUT2D eigenvalue weighted by atomic mass is 35.5. The second kappa shape index (κ2) is 8.98. The summed E-state index contributed by atoms with van der Waals surface area (Å²) in [6, 6.07) is 11.6. The number of esters is 1. The number of sulfonamides is 1. The molecular formula is C18H19ClN2O5S. The van der Waals surface area contributed by atoms with Gasteiger partial charge < -0.3 is 10.1 Å². The van der Waals surface area contributed by atoms with Crippen LogP contribution in [0.3, 0.4) is 0 Å². The van der Waals surface area contributed by atoms with E-state index >= 15 is 0 Å². The van der Waals surface area contributed by atoms with Gasteiger partial charge in [0.15, 0.2) is 6.61 Å². The van der Waals surface area contributed by atoms with Crippen LogP contribution in [-0.2, 0) is 19.6 Å². The van der Waals surface area contributed by atoms with E-state index in [-0.39, 0.29) is 16.5 Å². The van der Waals surface area contributed by atoms with Crippen molar-refractivity contribution in [1.82, 2.24) is 4.72 Å². The van der Waals surface area contributed by atoms with Crippen LogP contribution in [0.2, 0.25) is 5.02 Å². The maximum Gasteiger partial charge on any atom is 0.338 e. The first-order chi connectivity index (χ1) is 12.7. The smallest absolute Gasteiger partial charge is 0.338 e. The normalized spacial score (nSPS) is 11.3. The molecule has 2 N–H and O–H groups in total. The minimum Gasteiger partial charge on any atom is -0.452 e. The summed E-state index contributed by atoms with van der Waals surface area (Å²) >= 11 is 5.83. The second-order valence-corrected chi connectivity index (χ2v) is 8.09. The van der Waals surface area contributed by atoms with Crippen LogP contribution < -0.4 is 10.0 Å². The molecule has 0 bridgehead atoms. The predicted molar refractivity (Wildman–Crippen MR) is 102 cm³/mol. The Morgan fingerprint density at radius 3 is 2.48 bits per heavy atom. The Balaban J connectivity index is 2.00. The molecule has 2 rings (SSSR count). The van der Waals surface area contributed by atoms with E-state index in [2.05, 4.69) is 10.0 Å². The molecule has 0 spiro atoms. The van der Waals surface area contributed by atoms with Gasteiger partial charge in [-0.15, -0.1) is 0 Å². The summed E-state index contributed by atoms with van der Waals surface area (Å²) in [5.41, 5.74) is 0.494. The lowest BCUT2D eigenvalue weighted by atomic mass is 10.2. The number of anilines is 1. The molecule has 9 heteroatoms. The molecule has 0 radical (unpaired) electrons. The fraction of sp³-hybridized carbons (Fsp3) is 0.222. The molecule has 0 saturated carbocycles. The Morgan fingerprint density at radius 1 is 1.11 bits per heavy atom. The van der Waals surface area contributed by atoms with E-state index in [4.69, 9.17) is 16.3 Å². The van der Waals surface area contributed by atoms with Gasteiger partial charge in [0.2, 0.25) is 10.0 Å². The maximum absolute atomic E-state index is 12.2. The zero-order valence-electron chi connectivity index (χ0n) is 14.7. The largest absolute Gasteiger partial charge is 0.452 e. The molecule has 0 fully saturated rings. The number of ether oxygens (including phenoxy) is 1. The minimum absolute atomic E-state index is 0.0252. The second-order valence-electron chi connectivity index (χ2n) is 5.94. The average molecular weight is 411 g/mol. The van der Waals surface area contributed by atoms with Gasteiger partial charge >= 0.3 is 5.97 Å². The molecule has 0 aliphatic carbocycles. The van der Waals surface area contributed by atoms with Gasteiger partial charge in [-0.05, 0) is 50.2 Å². The average Bonchev–Trinajstić information content (AvgIpc) is 2.59. The minimum atomic E-state index is -3.74. The van der Waals surface area contributed by atoms with E-state index in [1.54, 1.807) is 38.1 Å². The molecule has 0 aliphatic heterocycles. The number of carbonyl (C=O) groups is 2. The number of rotatable bonds is 7. The number of hydrogen-bond donors (Lipinski definition) is 2. The van der Waals surface area contributed by atoms with Crippen molar-refractivity contribution >= 4 is 39.2 Å². The molecule has 0 atom stereocenters. The van der Waals surface area contributed by atoms with Crippen LogP contribution in [-0.4, -0.2) is 32.9 Å². The topological polar surface area (TPSA) is 102 Å². The Hall–Kier alpha value is -2.42. The number of nitrogens with one attached hydrogen (secondary N) is 2. The van der Waals surface area contributed by atoms with Gasteiger partial charge in [-0.1, -0.05) is 23.7 Å². The summed E-state index contributed by atoms with van der Waals surface area (Å²) < 4.78 is 31.7. The molecule has 0 aromatic heterocycles. The highest BCUT2D eigenvalue weighted by Gasteiger charge is 2.18. The third kappa shape index (κ3) is 6.35. The number of carbonyl (C=O) groups excluding carboxylic acids is 2. The van der Waals surface area contributed by atoms with Gasteiger partial charge in [-0.2, -0.15) is 0 Å². The van der Waals surface area contributed by atoms with Crippen molar-refractivity contribution in [2.24, 2.45) is 0 Å². The van der Waals surface area contributed by atoms with Crippen molar-refractivity contribution in [3.05, 3.63) is 59.1 Å². The fourth-order valence-electron chi connectivity index (χ4n) is 2.15. The van der Waals surface area contributed by atoms with Crippen LogP contribution in [0.25, 0.3) is 0 Å². The molecule has 2 aromatic carbocycles. The van der Waals surface area contributed by atoms with E-state index < -0.39 is 28.5 Å². The quantitative estimate of drug-likeness (QED) is 0.683. The van der Waals surface area contributed by atoms with Crippen molar-refractivity contribution in [1.29, 1.82) is 0 Å². The van der Waals surface area contributed by atoms with Crippen LogP contribution in [0, 0.1) is 0 Å². The van der Waals surface area contributed by atoms with Gasteiger partial charge in [0.05, 0.1) is 10.5 Å². The lowest BCUT2D eigenvalue weighted by Crippen LogP contribution is -2.30. The van der Waals surface area contributed by atoms with Gasteiger partial charge in [-0.3, -0.25) is 4.79 Å². The van der Waals surface area contributed by atoms with E-state index in [0.717, 1.165) is 0 Å². The van der Waals surface area contributed by atoms with Gasteiger partial charge in [0.25, 0.3) is 5.91 Å². The number of amides is 1. The molecule has 0 unspecified atom stereocenters. The van der Waals surface area contributed by atoms with Crippen LogP contribution in [0.15, 0.2) is 53.4 Å². The van der Waals surface area contributed by atoms with Gasteiger partial charge in [0.1, 0.15) is 0 Å². The van der Waals surface area contributed by atoms with Crippen molar-refractivity contribution < 1.29 is 22.7 Å². The van der Waals surface area contributed by atoms with Gasteiger partial charge in [0, 0.05) is 16.8 Å². The standard InChI is InChI=1S/C18H19ClN2O5S/c1-12(2)21-27(24,25)16-8-3-5-13(9-16)18(23)26-11-17(22)20-15-7-4-6-14(19)10-15/h3-10,12,21H,11H2,1-2H3,(H,20,22). The summed E-state index contributed by atoms with van der Waals surface area (Å²) in [6.45, 7) is 2.86. The first-order valence-corrected chi connectivity index (χ1v) is 9.88. The molecule has 1 amide bonds. The lowest BCUT2D eigenvalue weighted by Gasteiger charge is -2.11. The SMILES string of the molecule is CC(C)NS(=O)(=O)c1cccc(C(=O)OCC(=O)Nc2cccc(Cl)c2)c1. The van der Waals surface area contributed by atoms with Crippen LogP contribution in [0.1, 0.15) is 24.2 Å². The first-order valence-electron chi connectivity index (χ1n) is 8.02.